The summed E-state index contributed by atoms with van der Waals surface area (Å²) in [7, 11) is -9.91. The Morgan fingerprint density at radius 1 is 0.323 bits per heavy atom. The molecule has 0 heterocycles. The number of phosphoric acid groups is 2. The SMILES string of the molecule is CCCCCC/C=C\C=C/CCCCCCCC(=O)OC[C@H](COP(=O)(O)OC[C@@H](O)COP(=O)(O)OC[C@@H](COC(=O)CCCCCCC)OC(=O)CCCCCCCCCCCCCC(C)C)OC(=O)CCCCCCCCCCCCCCCCCCCCCCCC. The normalized spacial score (nSPS) is 14.1. The smallest absolute Gasteiger partial charge is 0.462 e. The van der Waals surface area contributed by atoms with Crippen LogP contribution >= 0.6 is 15.6 Å². The first-order chi connectivity index (χ1) is 46.5. The fourth-order valence-corrected chi connectivity index (χ4v) is 12.9. The Morgan fingerprint density at radius 3 is 0.854 bits per heavy atom. The lowest BCUT2D eigenvalue weighted by Gasteiger charge is -2.21. The zero-order chi connectivity index (χ0) is 70.5. The van der Waals surface area contributed by atoms with Gasteiger partial charge in [0.25, 0.3) is 0 Å². The Morgan fingerprint density at radius 2 is 0.562 bits per heavy atom. The molecule has 0 aliphatic rings. The lowest BCUT2D eigenvalue weighted by molar-refractivity contribution is -0.161. The topological polar surface area (TPSA) is 237 Å². The molecular formula is C77H146O17P2. The molecule has 19 heteroatoms. The third-order valence-electron chi connectivity index (χ3n) is 17.4. The van der Waals surface area contributed by atoms with Crippen LogP contribution in [0.15, 0.2) is 24.3 Å². The molecule has 566 valence electrons. The van der Waals surface area contributed by atoms with Crippen molar-refractivity contribution in [2.24, 2.45) is 5.92 Å². The first-order valence-corrected chi connectivity index (χ1v) is 42.4. The molecule has 17 nitrogen and oxygen atoms in total. The summed E-state index contributed by atoms with van der Waals surface area (Å²) in [6.45, 7) is 7.13. The van der Waals surface area contributed by atoms with Crippen LogP contribution in [0.4, 0.5) is 0 Å². The van der Waals surface area contributed by atoms with Crippen molar-refractivity contribution in [3.63, 3.8) is 0 Å². The summed E-state index contributed by atoms with van der Waals surface area (Å²) < 4.78 is 68.3. The molecule has 0 bridgehead atoms. The van der Waals surface area contributed by atoms with E-state index in [1.54, 1.807) is 0 Å². The number of carbonyl (C=O) groups excluding carboxylic acids is 4. The monoisotopic (exact) mass is 1410 g/mol. The van der Waals surface area contributed by atoms with Gasteiger partial charge in [-0.2, -0.15) is 0 Å². The summed E-state index contributed by atoms with van der Waals surface area (Å²) in [6.07, 6.45) is 62.4. The van der Waals surface area contributed by atoms with Crippen LogP contribution in [0.25, 0.3) is 0 Å². The number of aliphatic hydroxyl groups is 1. The number of phosphoric ester groups is 2. The molecule has 0 saturated carbocycles. The van der Waals surface area contributed by atoms with E-state index in [0.717, 1.165) is 121 Å². The summed E-state index contributed by atoms with van der Waals surface area (Å²) in [6, 6.07) is 0. The summed E-state index contributed by atoms with van der Waals surface area (Å²) in [4.78, 5) is 72.5. The average Bonchev–Trinajstić information content (AvgIpc) is 1.32. The molecule has 3 N–H and O–H groups in total. The highest BCUT2D eigenvalue weighted by Gasteiger charge is 2.30. The molecule has 96 heavy (non-hydrogen) atoms. The fraction of sp³-hybridized carbons (Fsp3) is 0.896. The van der Waals surface area contributed by atoms with Crippen molar-refractivity contribution in [2.45, 2.75) is 400 Å². The maximum Gasteiger partial charge on any atom is 0.472 e. The Balaban J connectivity index is 5.14. The van der Waals surface area contributed by atoms with Gasteiger partial charge in [-0.05, 0) is 57.3 Å². The molecule has 0 spiro atoms. The first-order valence-electron chi connectivity index (χ1n) is 39.5. The van der Waals surface area contributed by atoms with Gasteiger partial charge in [-0.3, -0.25) is 37.3 Å². The molecule has 0 aromatic heterocycles. The molecule has 0 aliphatic carbocycles. The second kappa shape index (κ2) is 69.6. The zero-order valence-corrected chi connectivity index (χ0v) is 63.8. The van der Waals surface area contributed by atoms with Crippen molar-refractivity contribution in [3.8, 4) is 0 Å². The molecule has 5 atom stereocenters. The van der Waals surface area contributed by atoms with Crippen molar-refractivity contribution < 1.29 is 80.2 Å². The van der Waals surface area contributed by atoms with E-state index >= 15 is 0 Å². The van der Waals surface area contributed by atoms with Crippen LogP contribution in [0.3, 0.4) is 0 Å². The molecular weight excluding hydrogens is 1260 g/mol. The highest BCUT2D eigenvalue weighted by molar-refractivity contribution is 7.47. The third-order valence-corrected chi connectivity index (χ3v) is 19.3. The number of ether oxygens (including phenoxy) is 4. The number of aliphatic hydroxyl groups excluding tert-OH is 1. The molecule has 0 amide bonds. The number of unbranched alkanes of at least 4 members (excludes halogenated alkanes) is 44. The van der Waals surface area contributed by atoms with Gasteiger partial charge in [0.15, 0.2) is 12.2 Å². The van der Waals surface area contributed by atoms with Crippen LogP contribution in [-0.2, 0) is 65.4 Å². The van der Waals surface area contributed by atoms with Crippen molar-refractivity contribution in [1.82, 2.24) is 0 Å². The van der Waals surface area contributed by atoms with Crippen molar-refractivity contribution in [3.05, 3.63) is 24.3 Å². The summed E-state index contributed by atoms with van der Waals surface area (Å²) in [5.74, 6) is -1.39. The van der Waals surface area contributed by atoms with E-state index in [1.165, 1.54) is 180 Å². The molecule has 2 unspecified atom stereocenters. The Bertz CT molecular complexity index is 1930. The van der Waals surface area contributed by atoms with Gasteiger partial charge < -0.3 is 33.8 Å². The van der Waals surface area contributed by atoms with Crippen LogP contribution < -0.4 is 0 Å². The molecule has 0 aromatic carbocycles. The molecule has 0 saturated heterocycles. The van der Waals surface area contributed by atoms with Crippen LogP contribution in [-0.4, -0.2) is 96.7 Å². The van der Waals surface area contributed by atoms with Gasteiger partial charge in [0.05, 0.1) is 26.4 Å². The van der Waals surface area contributed by atoms with Gasteiger partial charge in [0.1, 0.15) is 19.3 Å². The maximum atomic E-state index is 13.1. The summed E-state index contributed by atoms with van der Waals surface area (Å²) in [5, 5.41) is 10.6. The van der Waals surface area contributed by atoms with Gasteiger partial charge in [-0.25, -0.2) is 9.13 Å². The van der Waals surface area contributed by atoms with E-state index in [1.807, 2.05) is 0 Å². The van der Waals surface area contributed by atoms with E-state index in [0.29, 0.717) is 25.7 Å². The molecule has 0 rings (SSSR count). The fourth-order valence-electron chi connectivity index (χ4n) is 11.3. The van der Waals surface area contributed by atoms with Crippen LogP contribution in [0.1, 0.15) is 381 Å². The van der Waals surface area contributed by atoms with E-state index in [9.17, 15) is 43.2 Å². The lowest BCUT2D eigenvalue weighted by atomic mass is 10.0. The Kier molecular flexibility index (Phi) is 67.8. The van der Waals surface area contributed by atoms with Crippen molar-refractivity contribution in [1.29, 1.82) is 0 Å². The second-order valence-electron chi connectivity index (χ2n) is 27.5. The third kappa shape index (κ3) is 70.0. The summed E-state index contributed by atoms with van der Waals surface area (Å²) >= 11 is 0. The van der Waals surface area contributed by atoms with Gasteiger partial charge in [0, 0.05) is 25.7 Å². The predicted molar refractivity (Wildman–Crippen MR) is 391 cm³/mol. The number of hydrogen-bond acceptors (Lipinski definition) is 15. The number of carbonyl (C=O) groups is 4. The van der Waals surface area contributed by atoms with Crippen LogP contribution in [0.2, 0.25) is 0 Å². The zero-order valence-electron chi connectivity index (χ0n) is 62.0. The maximum absolute atomic E-state index is 13.1. The second-order valence-corrected chi connectivity index (χ2v) is 30.4. The molecule has 0 radical (unpaired) electrons. The summed E-state index contributed by atoms with van der Waals surface area (Å²) in [5.41, 5.74) is 0. The Hall–Kier alpha value is -2.46. The minimum Gasteiger partial charge on any atom is -0.462 e. The largest absolute Gasteiger partial charge is 0.472 e. The predicted octanol–water partition coefficient (Wildman–Crippen LogP) is 22.4. The van der Waals surface area contributed by atoms with Crippen molar-refractivity contribution in [2.75, 3.05) is 39.6 Å². The quantitative estimate of drug-likeness (QED) is 0.0169. The molecule has 0 aromatic rings. The van der Waals surface area contributed by atoms with E-state index in [2.05, 4.69) is 58.9 Å². The first kappa shape index (κ1) is 93.5. The van der Waals surface area contributed by atoms with E-state index < -0.39 is 97.5 Å². The molecule has 0 aliphatic heterocycles. The van der Waals surface area contributed by atoms with Crippen LogP contribution in [0, 0.1) is 5.92 Å². The minimum absolute atomic E-state index is 0.102. The highest BCUT2D eigenvalue weighted by atomic mass is 31.2. The number of esters is 4. The lowest BCUT2D eigenvalue weighted by Crippen LogP contribution is -2.30. The average molecular weight is 1410 g/mol. The molecule has 0 fully saturated rings. The highest BCUT2D eigenvalue weighted by Crippen LogP contribution is 2.45. The van der Waals surface area contributed by atoms with E-state index in [4.69, 9.17) is 37.0 Å². The van der Waals surface area contributed by atoms with Crippen molar-refractivity contribution >= 4 is 39.5 Å². The number of hydrogen-bond donors (Lipinski definition) is 3. The number of rotatable bonds is 75. The Labute approximate surface area is 586 Å². The van der Waals surface area contributed by atoms with Gasteiger partial charge in [0.2, 0.25) is 0 Å². The van der Waals surface area contributed by atoms with Gasteiger partial charge >= 0.3 is 39.5 Å². The van der Waals surface area contributed by atoms with E-state index in [-0.39, 0.29) is 25.7 Å². The van der Waals surface area contributed by atoms with Gasteiger partial charge in [-0.1, -0.05) is 329 Å². The van der Waals surface area contributed by atoms with Gasteiger partial charge in [-0.15, -0.1) is 0 Å². The van der Waals surface area contributed by atoms with Crippen LogP contribution in [0.5, 0.6) is 0 Å². The minimum atomic E-state index is -4.96. The number of allylic oxidation sites excluding steroid dienone is 4. The standard InChI is InChI=1S/C77H146O17P2/c1-6-9-12-15-17-19-21-23-25-26-27-28-29-30-31-33-35-39-43-47-52-57-62-77(82)94-73(67-88-75(80)61-56-51-46-42-38-34-32-24-22-20-18-16-13-10-7-2)69-92-96(85,86)90-65-71(78)64-89-95(83,84)91-68-72(66-87-74(79)60-55-49-14-11-8-3)93-76(81)63-58-53-48-44-40-36-37-41-45-50-54-59-70(4)5/h20,22,24,32,70-73,78H,6-19,21,23,25-31,33-69H2,1-5H3,(H,83,84)(H,85,86)/b22-20-,32-24-/t71-,72+,73+/m0/s1.